The molecule has 1 amide bonds. The Morgan fingerprint density at radius 3 is 2.45 bits per heavy atom. The number of hydrogen-bond donors (Lipinski definition) is 2. The summed E-state index contributed by atoms with van der Waals surface area (Å²) in [7, 11) is 0. The molecule has 2 fully saturated rings. The van der Waals surface area contributed by atoms with Crippen molar-refractivity contribution in [3.8, 4) is 0 Å². The van der Waals surface area contributed by atoms with Gasteiger partial charge in [0.05, 0.1) is 6.10 Å². The summed E-state index contributed by atoms with van der Waals surface area (Å²) in [6.45, 7) is 1.56. The average Bonchev–Trinajstić information content (AvgIpc) is 2.57. The van der Waals surface area contributed by atoms with Gasteiger partial charge in [-0.25, -0.2) is 0 Å². The van der Waals surface area contributed by atoms with Gasteiger partial charge in [-0.1, -0.05) is 19.3 Å². The molecule has 120 valence electrons. The van der Waals surface area contributed by atoms with Crippen molar-refractivity contribution in [2.45, 2.75) is 57.1 Å². The lowest BCUT2D eigenvalue weighted by atomic mass is 9.95. The van der Waals surface area contributed by atoms with Crippen LogP contribution in [0.3, 0.4) is 0 Å². The molecule has 0 atom stereocenters. The van der Waals surface area contributed by atoms with Gasteiger partial charge < -0.3 is 15.3 Å². The largest absolute Gasteiger partial charge is 0.393 e. The highest BCUT2D eigenvalue weighted by Crippen LogP contribution is 2.19. The van der Waals surface area contributed by atoms with Crippen LogP contribution in [0.2, 0.25) is 0 Å². The van der Waals surface area contributed by atoms with E-state index in [4.69, 9.17) is 0 Å². The highest BCUT2D eigenvalue weighted by atomic mass is 16.3. The minimum Gasteiger partial charge on any atom is -0.393 e. The van der Waals surface area contributed by atoms with Crippen LogP contribution >= 0.6 is 0 Å². The SMILES string of the molecule is O=C(NC1CCCCC1)c1ccc(N2CCC(O)CC2)nn1. The van der Waals surface area contributed by atoms with Crippen LogP contribution in [0.15, 0.2) is 12.1 Å². The van der Waals surface area contributed by atoms with Gasteiger partial charge in [-0.2, -0.15) is 0 Å². The van der Waals surface area contributed by atoms with Gasteiger partial charge >= 0.3 is 0 Å². The first-order valence-electron chi connectivity index (χ1n) is 8.30. The minimum atomic E-state index is -0.204. The van der Waals surface area contributed by atoms with Crippen LogP contribution in [0.5, 0.6) is 0 Å². The summed E-state index contributed by atoms with van der Waals surface area (Å²) >= 11 is 0. The smallest absolute Gasteiger partial charge is 0.272 e. The highest BCUT2D eigenvalue weighted by molar-refractivity contribution is 5.92. The number of aliphatic hydroxyl groups excluding tert-OH is 1. The van der Waals surface area contributed by atoms with Gasteiger partial charge in [0.15, 0.2) is 11.5 Å². The molecular formula is C16H24N4O2. The molecule has 1 aromatic rings. The zero-order valence-corrected chi connectivity index (χ0v) is 12.9. The summed E-state index contributed by atoms with van der Waals surface area (Å²) in [5, 5.41) is 20.8. The van der Waals surface area contributed by atoms with E-state index in [1.165, 1.54) is 19.3 Å². The molecule has 2 N–H and O–H groups in total. The third-order valence-corrected chi connectivity index (χ3v) is 4.61. The number of hydrogen-bond acceptors (Lipinski definition) is 5. The quantitative estimate of drug-likeness (QED) is 0.885. The molecule has 1 saturated carbocycles. The predicted molar refractivity (Wildman–Crippen MR) is 83.8 cm³/mol. The fraction of sp³-hybridized carbons (Fsp3) is 0.688. The molecule has 1 aromatic heterocycles. The first-order chi connectivity index (χ1) is 10.7. The van der Waals surface area contributed by atoms with Gasteiger partial charge in [0, 0.05) is 19.1 Å². The Morgan fingerprint density at radius 1 is 1.09 bits per heavy atom. The summed E-state index contributed by atoms with van der Waals surface area (Å²) < 4.78 is 0. The normalized spacial score (nSPS) is 20.9. The van der Waals surface area contributed by atoms with Crippen molar-refractivity contribution in [2.75, 3.05) is 18.0 Å². The maximum atomic E-state index is 12.2. The molecule has 2 heterocycles. The number of anilines is 1. The van der Waals surface area contributed by atoms with Crippen LogP contribution in [-0.2, 0) is 0 Å². The van der Waals surface area contributed by atoms with Crippen LogP contribution in [0.1, 0.15) is 55.4 Å². The second kappa shape index (κ2) is 7.05. The number of carbonyl (C=O) groups is 1. The molecule has 22 heavy (non-hydrogen) atoms. The van der Waals surface area contributed by atoms with E-state index in [-0.39, 0.29) is 18.1 Å². The van der Waals surface area contributed by atoms with E-state index in [9.17, 15) is 9.90 Å². The van der Waals surface area contributed by atoms with Gasteiger partial charge in [-0.15, -0.1) is 10.2 Å². The number of nitrogens with one attached hydrogen (secondary N) is 1. The molecule has 1 aliphatic carbocycles. The van der Waals surface area contributed by atoms with Gasteiger partial charge in [-0.3, -0.25) is 4.79 Å². The monoisotopic (exact) mass is 304 g/mol. The molecule has 2 aliphatic rings. The van der Waals surface area contributed by atoms with E-state index in [1.807, 2.05) is 6.07 Å². The number of aliphatic hydroxyl groups is 1. The van der Waals surface area contributed by atoms with Crippen LogP contribution < -0.4 is 10.2 Å². The van der Waals surface area contributed by atoms with E-state index in [2.05, 4.69) is 20.4 Å². The molecule has 1 saturated heterocycles. The molecule has 1 aliphatic heterocycles. The Bertz CT molecular complexity index is 491. The van der Waals surface area contributed by atoms with Crippen LogP contribution in [-0.4, -0.2) is 46.4 Å². The predicted octanol–water partition coefficient (Wildman–Crippen LogP) is 1.50. The summed E-state index contributed by atoms with van der Waals surface area (Å²) in [6.07, 6.45) is 7.08. The highest BCUT2D eigenvalue weighted by Gasteiger charge is 2.20. The zero-order valence-electron chi connectivity index (χ0n) is 12.9. The maximum Gasteiger partial charge on any atom is 0.272 e. The standard InChI is InChI=1S/C16H24N4O2/c21-13-8-10-20(11-9-13)15-7-6-14(18-19-15)16(22)17-12-4-2-1-3-5-12/h6-7,12-13,21H,1-5,8-11H2,(H,17,22). The Balaban J connectivity index is 1.57. The zero-order chi connectivity index (χ0) is 15.4. The Morgan fingerprint density at radius 2 is 1.82 bits per heavy atom. The fourth-order valence-electron chi connectivity index (χ4n) is 3.22. The first-order valence-corrected chi connectivity index (χ1v) is 8.30. The molecule has 0 bridgehead atoms. The van der Waals surface area contributed by atoms with Crippen molar-refractivity contribution in [2.24, 2.45) is 0 Å². The lowest BCUT2D eigenvalue weighted by Crippen LogP contribution is -2.37. The molecule has 0 unspecified atom stereocenters. The second-order valence-corrected chi connectivity index (χ2v) is 6.30. The molecule has 6 nitrogen and oxygen atoms in total. The van der Waals surface area contributed by atoms with Crippen LogP contribution in [0.4, 0.5) is 5.82 Å². The lowest BCUT2D eigenvalue weighted by Gasteiger charge is -2.30. The van der Waals surface area contributed by atoms with Crippen LogP contribution in [0.25, 0.3) is 0 Å². The van der Waals surface area contributed by atoms with Crippen molar-refractivity contribution in [3.63, 3.8) is 0 Å². The van der Waals surface area contributed by atoms with Gasteiger partial charge in [0.2, 0.25) is 0 Å². The summed E-state index contributed by atoms with van der Waals surface area (Å²) in [4.78, 5) is 14.3. The van der Waals surface area contributed by atoms with E-state index < -0.39 is 0 Å². The molecule has 0 spiro atoms. The van der Waals surface area contributed by atoms with Gasteiger partial charge in [0.1, 0.15) is 0 Å². The number of nitrogens with zero attached hydrogens (tertiary/aromatic N) is 3. The van der Waals surface area contributed by atoms with Gasteiger partial charge in [-0.05, 0) is 37.8 Å². The van der Waals surface area contributed by atoms with Crippen molar-refractivity contribution in [1.82, 2.24) is 15.5 Å². The van der Waals surface area contributed by atoms with Crippen molar-refractivity contribution >= 4 is 11.7 Å². The van der Waals surface area contributed by atoms with E-state index in [0.717, 1.165) is 44.6 Å². The number of amides is 1. The topological polar surface area (TPSA) is 78.4 Å². The first kappa shape index (κ1) is 15.2. The van der Waals surface area contributed by atoms with E-state index in [1.54, 1.807) is 6.07 Å². The summed E-state index contributed by atoms with van der Waals surface area (Å²) in [5.74, 6) is 0.654. The van der Waals surface area contributed by atoms with Crippen LogP contribution in [0, 0.1) is 0 Å². The number of piperidine rings is 1. The molecule has 3 rings (SSSR count). The molecule has 0 aromatic carbocycles. The Hall–Kier alpha value is -1.69. The Kier molecular flexibility index (Phi) is 4.87. The average molecular weight is 304 g/mol. The fourth-order valence-corrected chi connectivity index (χ4v) is 3.22. The summed E-state index contributed by atoms with van der Waals surface area (Å²) in [6, 6.07) is 3.87. The third kappa shape index (κ3) is 3.74. The maximum absolute atomic E-state index is 12.2. The van der Waals surface area contributed by atoms with E-state index >= 15 is 0 Å². The van der Waals surface area contributed by atoms with Gasteiger partial charge in [0.25, 0.3) is 5.91 Å². The van der Waals surface area contributed by atoms with Crippen molar-refractivity contribution < 1.29 is 9.90 Å². The molecular weight excluding hydrogens is 280 g/mol. The number of carbonyl (C=O) groups excluding carboxylic acids is 1. The molecule has 6 heteroatoms. The summed E-state index contributed by atoms with van der Waals surface area (Å²) in [5.41, 5.74) is 0.381. The van der Waals surface area contributed by atoms with Crippen molar-refractivity contribution in [3.05, 3.63) is 17.8 Å². The second-order valence-electron chi connectivity index (χ2n) is 6.30. The molecule has 0 radical (unpaired) electrons. The van der Waals surface area contributed by atoms with Crippen molar-refractivity contribution in [1.29, 1.82) is 0 Å². The Labute approximate surface area is 130 Å². The van der Waals surface area contributed by atoms with E-state index in [0.29, 0.717) is 5.69 Å². The lowest BCUT2D eigenvalue weighted by molar-refractivity contribution is 0.0921. The number of rotatable bonds is 3. The number of aromatic nitrogens is 2. The third-order valence-electron chi connectivity index (χ3n) is 4.61. The minimum absolute atomic E-state index is 0.125.